The molecule has 1 aliphatic heterocycles. The average Bonchev–Trinajstić information content (AvgIpc) is 2.93. The van der Waals surface area contributed by atoms with Gasteiger partial charge in [-0.05, 0) is 31.0 Å². The Kier molecular flexibility index (Phi) is 5.50. The minimum atomic E-state index is -0.0451. The zero-order valence-electron chi connectivity index (χ0n) is 12.8. The highest BCUT2D eigenvalue weighted by Crippen LogP contribution is 2.19. The molecule has 116 valence electrons. The number of nitrogens with zero attached hydrogens (tertiary/aromatic N) is 2. The van der Waals surface area contributed by atoms with Crippen molar-refractivity contribution in [2.45, 2.75) is 20.3 Å². The first-order valence-electron chi connectivity index (χ1n) is 7.23. The number of ketones is 1. The lowest BCUT2D eigenvalue weighted by molar-refractivity contribution is -0.127. The summed E-state index contributed by atoms with van der Waals surface area (Å²) in [5.74, 6) is 0.298. The summed E-state index contributed by atoms with van der Waals surface area (Å²) in [5, 5.41) is 0.630. The van der Waals surface area contributed by atoms with E-state index in [1.165, 1.54) is 6.92 Å². The van der Waals surface area contributed by atoms with Gasteiger partial charge in [-0.3, -0.25) is 14.6 Å². The number of rotatable bonds is 4. The number of amides is 1. The van der Waals surface area contributed by atoms with Crippen LogP contribution < -0.4 is 0 Å². The fourth-order valence-corrected chi connectivity index (χ4v) is 2.56. The van der Waals surface area contributed by atoms with E-state index in [-0.39, 0.29) is 17.6 Å². The first kappa shape index (κ1) is 16.4. The third kappa shape index (κ3) is 4.28. The molecular formula is C17H19ClN2O2. The number of carbonyl (C=O) groups excluding carboxylic acids is 2. The molecule has 0 aliphatic carbocycles. The summed E-state index contributed by atoms with van der Waals surface area (Å²) in [7, 11) is 0. The number of hydrogen-bond donors (Lipinski definition) is 0. The van der Waals surface area contributed by atoms with E-state index in [2.05, 4.69) is 4.99 Å². The highest BCUT2D eigenvalue weighted by atomic mass is 35.5. The predicted octanol–water partition coefficient (Wildman–Crippen LogP) is 3.21. The van der Waals surface area contributed by atoms with Crippen molar-refractivity contribution in [1.82, 2.24) is 4.90 Å². The minimum Gasteiger partial charge on any atom is -0.342 e. The van der Waals surface area contributed by atoms with Crippen LogP contribution in [0.1, 0.15) is 25.8 Å². The molecule has 0 radical (unpaired) electrons. The first-order valence-corrected chi connectivity index (χ1v) is 7.61. The van der Waals surface area contributed by atoms with Crippen molar-refractivity contribution in [1.29, 1.82) is 0 Å². The number of aliphatic imine (C=N–C) groups is 1. The molecule has 22 heavy (non-hydrogen) atoms. The summed E-state index contributed by atoms with van der Waals surface area (Å²) in [6.07, 6.45) is 4.32. The van der Waals surface area contributed by atoms with Crippen LogP contribution in [0.2, 0.25) is 5.02 Å². The normalized spacial score (nSPS) is 19.0. The van der Waals surface area contributed by atoms with E-state index in [1.54, 1.807) is 37.4 Å². The van der Waals surface area contributed by atoms with Gasteiger partial charge in [-0.2, -0.15) is 0 Å². The number of halogens is 1. The van der Waals surface area contributed by atoms with Crippen LogP contribution in [-0.2, 0) is 9.59 Å². The largest absolute Gasteiger partial charge is 0.342 e. The minimum absolute atomic E-state index is 0.0451. The molecule has 5 heteroatoms. The van der Waals surface area contributed by atoms with Crippen LogP contribution in [0.3, 0.4) is 0 Å². The van der Waals surface area contributed by atoms with Crippen molar-refractivity contribution in [2.75, 3.05) is 13.1 Å². The summed E-state index contributed by atoms with van der Waals surface area (Å²) >= 11 is 5.86. The van der Waals surface area contributed by atoms with Gasteiger partial charge in [0.25, 0.3) is 0 Å². The molecule has 0 aromatic heterocycles. The van der Waals surface area contributed by atoms with Gasteiger partial charge in [-0.25, -0.2) is 0 Å². The second-order valence-electron chi connectivity index (χ2n) is 5.42. The van der Waals surface area contributed by atoms with Crippen molar-refractivity contribution in [2.24, 2.45) is 10.9 Å². The number of carbonyl (C=O) groups is 2. The molecule has 0 N–H and O–H groups in total. The summed E-state index contributed by atoms with van der Waals surface area (Å²) in [4.78, 5) is 29.2. The Bertz CT molecular complexity index is 620. The Balaban J connectivity index is 2.08. The van der Waals surface area contributed by atoms with Gasteiger partial charge in [0.05, 0.1) is 0 Å². The Morgan fingerprint density at radius 3 is 2.50 bits per heavy atom. The van der Waals surface area contributed by atoms with Gasteiger partial charge >= 0.3 is 0 Å². The van der Waals surface area contributed by atoms with E-state index < -0.39 is 0 Å². The Hall–Kier alpha value is -1.94. The number of likely N-dealkylation sites (tertiary alicyclic amines) is 1. The number of allylic oxidation sites excluding steroid dienone is 1. The molecule has 2 rings (SSSR count). The Labute approximate surface area is 135 Å². The van der Waals surface area contributed by atoms with E-state index in [1.807, 2.05) is 11.1 Å². The van der Waals surface area contributed by atoms with Crippen LogP contribution in [0.5, 0.6) is 0 Å². The van der Waals surface area contributed by atoms with E-state index in [9.17, 15) is 9.59 Å². The zero-order valence-corrected chi connectivity index (χ0v) is 13.5. The van der Waals surface area contributed by atoms with Crippen molar-refractivity contribution in [3.63, 3.8) is 0 Å². The van der Waals surface area contributed by atoms with E-state index in [0.29, 0.717) is 17.1 Å². The second-order valence-corrected chi connectivity index (χ2v) is 5.85. The molecule has 1 aliphatic rings. The molecule has 1 heterocycles. The monoisotopic (exact) mass is 318 g/mol. The zero-order chi connectivity index (χ0) is 16.1. The molecule has 0 spiro atoms. The maximum Gasteiger partial charge on any atom is 0.219 e. The number of benzene rings is 1. The lowest BCUT2D eigenvalue weighted by Gasteiger charge is -2.11. The smallest absolute Gasteiger partial charge is 0.219 e. The molecule has 1 saturated heterocycles. The predicted molar refractivity (Wildman–Crippen MR) is 89.0 cm³/mol. The van der Waals surface area contributed by atoms with Gasteiger partial charge < -0.3 is 4.90 Å². The second kappa shape index (κ2) is 7.36. The van der Waals surface area contributed by atoms with Crippen LogP contribution in [-0.4, -0.2) is 35.9 Å². The van der Waals surface area contributed by atoms with Crippen molar-refractivity contribution in [3.05, 3.63) is 41.1 Å². The third-order valence-corrected chi connectivity index (χ3v) is 3.96. The number of Topliss-reactive ketones (excluding diaryl/α,β-unsaturated/α-hetero) is 1. The fraction of sp³-hybridized carbons (Fsp3) is 0.353. The molecule has 0 saturated carbocycles. The molecule has 1 fully saturated rings. The Morgan fingerprint density at radius 2 is 1.95 bits per heavy atom. The third-order valence-electron chi connectivity index (χ3n) is 3.71. The SMILES string of the molecule is CC(=O)/C(=C/N=CC1CCN(C(C)=O)C1)c1ccc(Cl)cc1. The van der Waals surface area contributed by atoms with E-state index in [4.69, 9.17) is 11.6 Å². The molecule has 1 amide bonds. The quantitative estimate of drug-likeness (QED) is 0.632. The van der Waals surface area contributed by atoms with Gasteiger partial charge in [-0.1, -0.05) is 23.7 Å². The molecule has 4 nitrogen and oxygen atoms in total. The Morgan fingerprint density at radius 1 is 1.27 bits per heavy atom. The van der Waals surface area contributed by atoms with Crippen LogP contribution in [0.15, 0.2) is 35.5 Å². The molecular weight excluding hydrogens is 300 g/mol. The fourth-order valence-electron chi connectivity index (χ4n) is 2.43. The van der Waals surface area contributed by atoms with E-state index in [0.717, 1.165) is 18.5 Å². The topological polar surface area (TPSA) is 49.7 Å². The summed E-state index contributed by atoms with van der Waals surface area (Å²) in [6, 6.07) is 7.11. The van der Waals surface area contributed by atoms with Crippen LogP contribution in [0.4, 0.5) is 0 Å². The van der Waals surface area contributed by atoms with Crippen molar-refractivity contribution in [3.8, 4) is 0 Å². The highest BCUT2D eigenvalue weighted by molar-refractivity contribution is 6.30. The van der Waals surface area contributed by atoms with Crippen molar-refractivity contribution >= 4 is 35.1 Å². The van der Waals surface area contributed by atoms with Crippen LogP contribution >= 0.6 is 11.6 Å². The maximum absolute atomic E-state index is 11.8. The highest BCUT2D eigenvalue weighted by Gasteiger charge is 2.22. The first-order chi connectivity index (χ1) is 10.5. The summed E-state index contributed by atoms with van der Waals surface area (Å²) in [5.41, 5.74) is 1.35. The molecule has 0 bridgehead atoms. The van der Waals surface area contributed by atoms with Gasteiger partial charge in [0.1, 0.15) is 0 Å². The number of hydrogen-bond acceptors (Lipinski definition) is 3. The molecule has 1 aromatic carbocycles. The lowest BCUT2D eigenvalue weighted by atomic mass is 10.0. The van der Waals surface area contributed by atoms with Gasteiger partial charge in [-0.15, -0.1) is 0 Å². The van der Waals surface area contributed by atoms with Crippen molar-refractivity contribution < 1.29 is 9.59 Å². The standard InChI is InChI=1S/C17H19ClN2O2/c1-12(21)17(15-3-5-16(18)6-4-15)10-19-9-14-7-8-20(11-14)13(2)22/h3-6,9-10,14H,7-8,11H2,1-2H3/b17-10-,19-9?. The molecule has 1 aromatic rings. The van der Waals surface area contributed by atoms with Crippen LogP contribution in [0, 0.1) is 5.92 Å². The van der Waals surface area contributed by atoms with Crippen LogP contribution in [0.25, 0.3) is 5.57 Å². The average molecular weight is 319 g/mol. The van der Waals surface area contributed by atoms with Gasteiger partial charge in [0.15, 0.2) is 5.78 Å². The van der Waals surface area contributed by atoms with Gasteiger partial charge in [0, 0.05) is 48.9 Å². The van der Waals surface area contributed by atoms with Gasteiger partial charge in [0.2, 0.25) is 5.91 Å². The van der Waals surface area contributed by atoms with E-state index >= 15 is 0 Å². The summed E-state index contributed by atoms with van der Waals surface area (Å²) < 4.78 is 0. The molecule has 1 unspecified atom stereocenters. The summed E-state index contributed by atoms with van der Waals surface area (Å²) in [6.45, 7) is 4.56. The molecule has 1 atom stereocenters. The lowest BCUT2D eigenvalue weighted by Crippen LogP contribution is -2.25. The maximum atomic E-state index is 11.8.